The van der Waals surface area contributed by atoms with Crippen molar-refractivity contribution in [3.63, 3.8) is 0 Å². The second-order valence-corrected chi connectivity index (χ2v) is 6.64. The minimum absolute atomic E-state index is 0.260. The normalized spacial score (nSPS) is 13.3. The number of hydrogen-bond acceptors (Lipinski definition) is 4. The second-order valence-electron chi connectivity index (χ2n) is 5.88. The molecule has 0 bridgehead atoms. The quantitative estimate of drug-likeness (QED) is 0.809. The van der Waals surface area contributed by atoms with Crippen LogP contribution >= 0.6 is 0 Å². The van der Waals surface area contributed by atoms with Gasteiger partial charge in [-0.25, -0.2) is 0 Å². The highest BCUT2D eigenvalue weighted by Gasteiger charge is 2.20. The van der Waals surface area contributed by atoms with Gasteiger partial charge in [-0.15, -0.1) is 0 Å². The van der Waals surface area contributed by atoms with Crippen LogP contribution in [0.4, 0.5) is 0 Å². The predicted octanol–water partition coefficient (Wildman–Crippen LogP) is 3.90. The molecule has 0 radical (unpaired) electrons. The van der Waals surface area contributed by atoms with Crippen LogP contribution in [0.5, 0.6) is 5.75 Å². The zero-order chi connectivity index (χ0) is 15.4. The molecule has 1 aromatic rings. The van der Waals surface area contributed by atoms with Gasteiger partial charge in [0.25, 0.3) is 0 Å². The summed E-state index contributed by atoms with van der Waals surface area (Å²) in [6, 6.07) is 4.23. The topological polar surface area (TPSA) is 61.5 Å². The first-order valence-corrected chi connectivity index (χ1v) is 7.92. The second kappa shape index (κ2) is 7.20. The van der Waals surface area contributed by atoms with E-state index in [0.717, 1.165) is 11.1 Å². The molecule has 0 fully saturated rings. The van der Waals surface area contributed by atoms with Gasteiger partial charge >= 0.3 is 11.4 Å². The molecule has 0 heterocycles. The molecular weight excluding hydrogens is 274 g/mol. The summed E-state index contributed by atoms with van der Waals surface area (Å²) in [5.74, 6) is 6.50. The molecule has 0 amide bonds. The first kappa shape index (κ1) is 17.1. The molecule has 0 saturated heterocycles. The Kier molecular flexibility index (Phi) is 6.17. The molecule has 0 aliphatic rings. The van der Waals surface area contributed by atoms with Gasteiger partial charge in [-0.2, -0.15) is 14.4 Å². The molecule has 1 rings (SSSR count). The lowest BCUT2D eigenvalue weighted by Crippen LogP contribution is -2.13. The van der Waals surface area contributed by atoms with Gasteiger partial charge in [0.2, 0.25) is 0 Å². The van der Waals surface area contributed by atoms with Crippen LogP contribution in [0.1, 0.15) is 76.0 Å². The van der Waals surface area contributed by atoms with E-state index in [1.54, 1.807) is 0 Å². The third kappa shape index (κ3) is 4.04. The van der Waals surface area contributed by atoms with E-state index in [1.165, 1.54) is 5.56 Å². The molecule has 1 unspecified atom stereocenters. The lowest BCUT2D eigenvalue weighted by molar-refractivity contribution is 0.322. The van der Waals surface area contributed by atoms with Crippen molar-refractivity contribution in [2.45, 2.75) is 59.3 Å². The number of nitrogens with two attached hydrogens (primary N) is 1. The van der Waals surface area contributed by atoms with Crippen LogP contribution in [0.2, 0.25) is 0 Å². The van der Waals surface area contributed by atoms with Gasteiger partial charge in [0.1, 0.15) is 5.75 Å². The maximum absolute atomic E-state index is 11.5. The summed E-state index contributed by atoms with van der Waals surface area (Å²) >= 11 is -1.97. The lowest BCUT2D eigenvalue weighted by Gasteiger charge is -2.21. The maximum atomic E-state index is 11.5. The summed E-state index contributed by atoms with van der Waals surface area (Å²) in [6.07, 6.45) is 0. The van der Waals surface area contributed by atoms with Crippen LogP contribution in [0.25, 0.3) is 0 Å². The Hall–Kier alpha value is -0.910. The molecule has 4 nitrogen and oxygen atoms in total. The summed E-state index contributed by atoms with van der Waals surface area (Å²) in [6.45, 7) is 12.7. The average molecular weight is 299 g/mol. The van der Waals surface area contributed by atoms with Crippen LogP contribution < -0.4 is 10.1 Å². The summed E-state index contributed by atoms with van der Waals surface area (Å²) in [5.41, 5.74) is 3.32. The fraction of sp³-hybridized carbons (Fsp3) is 0.600. The first-order valence-electron chi connectivity index (χ1n) is 6.92. The van der Waals surface area contributed by atoms with Crippen molar-refractivity contribution in [3.8, 4) is 5.75 Å². The van der Waals surface area contributed by atoms with E-state index in [-0.39, 0.29) is 11.8 Å². The van der Waals surface area contributed by atoms with Crippen LogP contribution in [0.3, 0.4) is 0 Å². The van der Waals surface area contributed by atoms with Crippen LogP contribution in [-0.2, 0) is 15.6 Å². The molecule has 114 valence electrons. The molecular formula is C15H25NO3S. The van der Waals surface area contributed by atoms with Gasteiger partial charge in [0, 0.05) is 0 Å². The third-order valence-electron chi connectivity index (χ3n) is 3.31. The van der Waals surface area contributed by atoms with Crippen LogP contribution in [-0.4, -0.2) is 4.21 Å². The molecule has 0 aliphatic carbocycles. The standard InChI is InChI=1S/C15H25NO3S/c1-9(2)12-7-13(10(3)4)15(18-20(17)19-16)14(8-12)11(5)6/h7-11H,16H2,1-6H3. The fourth-order valence-corrected chi connectivity index (χ4v) is 2.44. The number of hydrogen-bond donors (Lipinski definition) is 1. The van der Waals surface area contributed by atoms with E-state index in [9.17, 15) is 4.21 Å². The minimum Gasteiger partial charge on any atom is -0.378 e. The van der Waals surface area contributed by atoms with Gasteiger partial charge in [0.05, 0.1) is 0 Å². The number of rotatable bonds is 6. The van der Waals surface area contributed by atoms with Crippen LogP contribution in [0, 0.1) is 0 Å². The van der Waals surface area contributed by atoms with E-state index in [2.05, 4.69) is 58.0 Å². The Morgan fingerprint density at radius 1 is 0.950 bits per heavy atom. The van der Waals surface area contributed by atoms with Crippen molar-refractivity contribution >= 4 is 11.4 Å². The largest absolute Gasteiger partial charge is 0.378 e. The Labute approximate surface area is 124 Å². The Morgan fingerprint density at radius 2 is 1.40 bits per heavy atom. The van der Waals surface area contributed by atoms with Crippen molar-refractivity contribution in [2.75, 3.05) is 0 Å². The highest BCUT2D eigenvalue weighted by atomic mass is 32.2. The summed E-state index contributed by atoms with van der Waals surface area (Å²) < 4.78 is 21.2. The zero-order valence-electron chi connectivity index (χ0n) is 13.1. The van der Waals surface area contributed by atoms with Crippen molar-refractivity contribution < 1.29 is 12.7 Å². The van der Waals surface area contributed by atoms with E-state index in [4.69, 9.17) is 10.1 Å². The SMILES string of the molecule is CC(C)c1cc(C(C)C)c(OS(=O)ON)c(C(C)C)c1. The van der Waals surface area contributed by atoms with E-state index < -0.39 is 11.4 Å². The predicted molar refractivity (Wildman–Crippen MR) is 82.8 cm³/mol. The van der Waals surface area contributed by atoms with Gasteiger partial charge in [-0.3, -0.25) is 0 Å². The Balaban J connectivity index is 3.46. The zero-order valence-corrected chi connectivity index (χ0v) is 13.9. The van der Waals surface area contributed by atoms with Crippen molar-refractivity contribution in [2.24, 2.45) is 5.90 Å². The summed E-state index contributed by atoms with van der Waals surface area (Å²) in [5, 5.41) is 0. The van der Waals surface area contributed by atoms with Gasteiger partial charge < -0.3 is 4.18 Å². The third-order valence-corrected chi connectivity index (χ3v) is 3.77. The number of benzene rings is 1. The molecule has 0 saturated carbocycles. The Morgan fingerprint density at radius 3 is 1.70 bits per heavy atom. The highest BCUT2D eigenvalue weighted by molar-refractivity contribution is 7.75. The monoisotopic (exact) mass is 299 g/mol. The Bertz CT molecular complexity index is 455. The van der Waals surface area contributed by atoms with Gasteiger partial charge in [0.15, 0.2) is 0 Å². The van der Waals surface area contributed by atoms with E-state index in [1.807, 2.05) is 0 Å². The lowest BCUT2D eigenvalue weighted by atomic mass is 9.88. The highest BCUT2D eigenvalue weighted by Crippen LogP contribution is 2.38. The van der Waals surface area contributed by atoms with E-state index >= 15 is 0 Å². The van der Waals surface area contributed by atoms with Crippen molar-refractivity contribution in [1.82, 2.24) is 0 Å². The van der Waals surface area contributed by atoms with Crippen molar-refractivity contribution in [1.29, 1.82) is 0 Å². The molecule has 1 aromatic carbocycles. The average Bonchev–Trinajstić information content (AvgIpc) is 2.37. The fourth-order valence-electron chi connectivity index (χ4n) is 2.07. The molecule has 20 heavy (non-hydrogen) atoms. The molecule has 2 N–H and O–H groups in total. The summed E-state index contributed by atoms with van der Waals surface area (Å²) in [4.78, 5) is 0. The minimum atomic E-state index is -1.97. The first-order chi connectivity index (χ1) is 9.27. The molecule has 0 aromatic heterocycles. The van der Waals surface area contributed by atoms with Gasteiger partial charge in [-0.05, 0) is 34.4 Å². The molecule has 0 aliphatic heterocycles. The molecule has 0 spiro atoms. The van der Waals surface area contributed by atoms with Crippen LogP contribution in [0.15, 0.2) is 12.1 Å². The van der Waals surface area contributed by atoms with Crippen molar-refractivity contribution in [3.05, 3.63) is 28.8 Å². The molecule has 5 heteroatoms. The maximum Gasteiger partial charge on any atom is 0.377 e. The van der Waals surface area contributed by atoms with Gasteiger partial charge in [-0.1, -0.05) is 53.7 Å². The summed E-state index contributed by atoms with van der Waals surface area (Å²) in [7, 11) is 0. The van der Waals surface area contributed by atoms with E-state index in [0.29, 0.717) is 11.7 Å². The molecule has 1 atom stereocenters. The smallest absolute Gasteiger partial charge is 0.377 e.